The molecule has 0 heterocycles. The Bertz CT molecular complexity index is 272. The molecular formula is C28H59Al. The van der Waals surface area contributed by atoms with E-state index in [0.29, 0.717) is 0 Å². The SMILES string of the molecule is CCCCCCCC[CH](CCC)[Al]([CH2]CCCCCCC)[CH2]CCCCCCC. The van der Waals surface area contributed by atoms with Crippen molar-refractivity contribution in [3.63, 3.8) is 0 Å². The monoisotopic (exact) mass is 422 g/mol. The van der Waals surface area contributed by atoms with Gasteiger partial charge in [-0.2, -0.15) is 0 Å². The molecular weight excluding hydrogens is 363 g/mol. The van der Waals surface area contributed by atoms with E-state index >= 15 is 0 Å². The summed E-state index contributed by atoms with van der Waals surface area (Å²) in [5.74, 6) is 0. The lowest BCUT2D eigenvalue weighted by Gasteiger charge is -2.23. The highest BCUT2D eigenvalue weighted by Crippen LogP contribution is 2.32. The van der Waals surface area contributed by atoms with Crippen molar-refractivity contribution in [2.75, 3.05) is 0 Å². The first-order chi connectivity index (χ1) is 14.3. The van der Waals surface area contributed by atoms with Gasteiger partial charge in [0, 0.05) is 0 Å². The molecule has 1 heteroatoms. The van der Waals surface area contributed by atoms with Crippen molar-refractivity contribution < 1.29 is 0 Å². The van der Waals surface area contributed by atoms with Gasteiger partial charge in [0.05, 0.1) is 0 Å². The van der Waals surface area contributed by atoms with Crippen LogP contribution in [0.3, 0.4) is 0 Å². The maximum absolute atomic E-state index is 2.44. The van der Waals surface area contributed by atoms with E-state index in [-0.39, 0.29) is 0 Å². The molecule has 0 amide bonds. The maximum atomic E-state index is 2.44. The molecule has 0 rings (SSSR count). The fraction of sp³-hybridized carbons (Fsp3) is 1.00. The summed E-state index contributed by atoms with van der Waals surface area (Å²) in [6, 6.07) is 0. The zero-order chi connectivity index (χ0) is 21.4. The predicted octanol–water partition coefficient (Wildman–Crippen LogP) is 11.1. The van der Waals surface area contributed by atoms with Gasteiger partial charge in [0.2, 0.25) is 0 Å². The molecule has 1 unspecified atom stereocenters. The van der Waals surface area contributed by atoms with E-state index in [4.69, 9.17) is 0 Å². The van der Waals surface area contributed by atoms with Crippen LogP contribution < -0.4 is 0 Å². The Morgan fingerprint density at radius 2 is 0.759 bits per heavy atom. The van der Waals surface area contributed by atoms with Gasteiger partial charge >= 0.3 is 0 Å². The second-order valence-electron chi connectivity index (χ2n) is 9.98. The molecule has 0 saturated carbocycles. The minimum atomic E-state index is -0.549. The highest BCUT2D eigenvalue weighted by Gasteiger charge is 2.26. The van der Waals surface area contributed by atoms with Gasteiger partial charge in [-0.25, -0.2) is 0 Å². The van der Waals surface area contributed by atoms with Crippen molar-refractivity contribution >= 4 is 14.1 Å². The summed E-state index contributed by atoms with van der Waals surface area (Å²) in [6.45, 7) is 9.44. The first-order valence-electron chi connectivity index (χ1n) is 14.3. The van der Waals surface area contributed by atoms with E-state index < -0.39 is 14.1 Å². The summed E-state index contributed by atoms with van der Waals surface area (Å²) in [7, 11) is 0. The maximum Gasteiger partial charge on any atom is 0.265 e. The molecule has 0 aromatic rings. The Morgan fingerprint density at radius 1 is 0.379 bits per heavy atom. The Kier molecular flexibility index (Phi) is 25.3. The summed E-state index contributed by atoms with van der Waals surface area (Å²) in [6.07, 6.45) is 31.2. The minimum Gasteiger partial charge on any atom is -0.0937 e. The van der Waals surface area contributed by atoms with Crippen LogP contribution in [0.1, 0.15) is 163 Å². The summed E-state index contributed by atoms with van der Waals surface area (Å²) < 4.78 is 1.16. The van der Waals surface area contributed by atoms with Crippen LogP contribution in [0.2, 0.25) is 15.3 Å². The summed E-state index contributed by atoms with van der Waals surface area (Å²) >= 11 is -0.549. The van der Waals surface area contributed by atoms with Gasteiger partial charge in [0.1, 0.15) is 0 Å². The lowest BCUT2D eigenvalue weighted by Crippen LogP contribution is -2.21. The van der Waals surface area contributed by atoms with Crippen molar-refractivity contribution in [1.29, 1.82) is 0 Å². The van der Waals surface area contributed by atoms with E-state index in [1.54, 1.807) is 36.2 Å². The van der Waals surface area contributed by atoms with Crippen LogP contribution in [0, 0.1) is 0 Å². The summed E-state index contributed by atoms with van der Waals surface area (Å²) in [4.78, 5) is 0. The Hall–Kier alpha value is 0.532. The van der Waals surface area contributed by atoms with E-state index in [0.717, 1.165) is 4.78 Å². The third kappa shape index (κ3) is 20.2. The number of unbranched alkanes of at least 4 members (excludes halogenated alkanes) is 15. The van der Waals surface area contributed by atoms with Crippen molar-refractivity contribution in [2.24, 2.45) is 0 Å². The van der Waals surface area contributed by atoms with Gasteiger partial charge in [0.25, 0.3) is 14.1 Å². The summed E-state index contributed by atoms with van der Waals surface area (Å²) in [5.41, 5.74) is 0. The lowest BCUT2D eigenvalue weighted by molar-refractivity contribution is 0.550. The van der Waals surface area contributed by atoms with Crippen LogP contribution in [0.25, 0.3) is 0 Å². The molecule has 174 valence electrons. The van der Waals surface area contributed by atoms with Crippen molar-refractivity contribution in [1.82, 2.24) is 0 Å². The number of hydrogen-bond acceptors (Lipinski definition) is 0. The smallest absolute Gasteiger partial charge is 0.0937 e. The highest BCUT2D eigenvalue weighted by atomic mass is 27.2. The minimum absolute atomic E-state index is 0.549. The molecule has 0 fully saturated rings. The number of rotatable bonds is 24. The molecule has 0 spiro atoms. The summed E-state index contributed by atoms with van der Waals surface area (Å²) in [5, 5.41) is 3.34. The molecule has 0 saturated heterocycles. The van der Waals surface area contributed by atoms with E-state index in [2.05, 4.69) is 27.7 Å². The second-order valence-corrected chi connectivity index (χ2v) is 13.6. The third-order valence-electron chi connectivity index (χ3n) is 7.11. The van der Waals surface area contributed by atoms with E-state index in [1.165, 1.54) is 109 Å². The van der Waals surface area contributed by atoms with Crippen LogP contribution in [0.5, 0.6) is 0 Å². The molecule has 0 aliphatic heterocycles. The lowest BCUT2D eigenvalue weighted by atomic mass is 10.1. The highest BCUT2D eigenvalue weighted by molar-refractivity contribution is 6.60. The molecule has 1 atom stereocenters. The van der Waals surface area contributed by atoms with Gasteiger partial charge in [-0.15, -0.1) is 0 Å². The Balaban J connectivity index is 4.34. The van der Waals surface area contributed by atoms with Crippen molar-refractivity contribution in [3.8, 4) is 0 Å². The molecule has 0 radical (unpaired) electrons. The zero-order valence-corrected chi connectivity index (χ0v) is 22.6. The van der Waals surface area contributed by atoms with Crippen LogP contribution in [0.4, 0.5) is 0 Å². The third-order valence-corrected chi connectivity index (χ3v) is 11.4. The van der Waals surface area contributed by atoms with E-state index in [9.17, 15) is 0 Å². The molecule has 0 bridgehead atoms. The average Bonchev–Trinajstić information content (AvgIpc) is 2.73. The largest absolute Gasteiger partial charge is 0.265 e. The first-order valence-corrected chi connectivity index (χ1v) is 16.6. The standard InChI is InChI=1S/C12H25.2C8H17.Al/c1-3-5-7-9-11-12-10-8-6-4-2;2*1-3-5-7-8-6-4-2;/h7H,3-6,8-12H2,1-2H3;2*1,3-8H2,2H3;. The fourth-order valence-electron chi connectivity index (χ4n) is 5.16. The quantitative estimate of drug-likeness (QED) is 0.107. The van der Waals surface area contributed by atoms with Crippen LogP contribution >= 0.6 is 0 Å². The molecule has 29 heavy (non-hydrogen) atoms. The van der Waals surface area contributed by atoms with Crippen molar-refractivity contribution in [2.45, 2.75) is 178 Å². The van der Waals surface area contributed by atoms with Gasteiger partial charge in [-0.05, 0) is 0 Å². The molecule has 0 aliphatic carbocycles. The Morgan fingerprint density at radius 3 is 1.17 bits per heavy atom. The van der Waals surface area contributed by atoms with Crippen LogP contribution in [-0.4, -0.2) is 14.1 Å². The van der Waals surface area contributed by atoms with Crippen LogP contribution in [0.15, 0.2) is 0 Å². The predicted molar refractivity (Wildman–Crippen MR) is 139 cm³/mol. The van der Waals surface area contributed by atoms with Gasteiger partial charge in [-0.1, -0.05) is 178 Å². The normalized spacial score (nSPS) is 12.4. The van der Waals surface area contributed by atoms with Gasteiger partial charge < -0.3 is 0 Å². The molecule has 0 nitrogen and oxygen atoms in total. The molecule has 0 aromatic heterocycles. The number of hydrogen-bond donors (Lipinski definition) is 0. The molecule has 0 N–H and O–H groups in total. The first kappa shape index (κ1) is 29.5. The van der Waals surface area contributed by atoms with Gasteiger partial charge in [0.15, 0.2) is 0 Å². The zero-order valence-electron chi connectivity index (χ0n) is 21.4. The average molecular weight is 423 g/mol. The second kappa shape index (κ2) is 24.8. The van der Waals surface area contributed by atoms with E-state index in [1.807, 2.05) is 0 Å². The molecule has 0 aromatic carbocycles. The van der Waals surface area contributed by atoms with Crippen LogP contribution in [-0.2, 0) is 0 Å². The van der Waals surface area contributed by atoms with Crippen molar-refractivity contribution in [3.05, 3.63) is 0 Å². The topological polar surface area (TPSA) is 0 Å². The van der Waals surface area contributed by atoms with Gasteiger partial charge in [-0.3, -0.25) is 0 Å². The molecule has 0 aliphatic rings. The Labute approximate surface area is 191 Å². The fourth-order valence-corrected chi connectivity index (χ4v) is 9.53.